The summed E-state index contributed by atoms with van der Waals surface area (Å²) in [4.78, 5) is 22.0. The lowest BCUT2D eigenvalue weighted by atomic mass is 10.2. The van der Waals surface area contributed by atoms with Crippen LogP contribution in [0.25, 0.3) is 0 Å². The van der Waals surface area contributed by atoms with Gasteiger partial charge in [-0.05, 0) is 6.42 Å². The van der Waals surface area contributed by atoms with Crippen molar-refractivity contribution < 1.29 is 0 Å². The van der Waals surface area contributed by atoms with E-state index in [0.29, 0.717) is 6.42 Å². The molecule has 0 aliphatic carbocycles. The Labute approximate surface area is 68.4 Å². The van der Waals surface area contributed by atoms with Gasteiger partial charge in [-0.2, -0.15) is 0 Å². The van der Waals surface area contributed by atoms with E-state index in [-0.39, 0.29) is 12.6 Å². The molecule has 0 aliphatic rings. The van der Waals surface area contributed by atoms with Crippen LogP contribution in [0.15, 0.2) is 9.59 Å². The Morgan fingerprint density at radius 3 is 2.25 bits per heavy atom. The number of nitrogens with one attached hydrogen (secondary N) is 2. The zero-order chi connectivity index (χ0) is 9.14. The van der Waals surface area contributed by atoms with Crippen molar-refractivity contribution in [3.05, 3.63) is 21.0 Å². The van der Waals surface area contributed by atoms with E-state index in [1.54, 1.807) is 0 Å². The molecule has 0 saturated heterocycles. The maximum absolute atomic E-state index is 11.0. The van der Waals surface area contributed by atoms with Crippen LogP contribution in [-0.4, -0.2) is 21.3 Å². The van der Waals surface area contributed by atoms with Crippen molar-refractivity contribution in [2.24, 2.45) is 5.73 Å². The summed E-state index contributed by atoms with van der Waals surface area (Å²) in [5.41, 5.74) is 4.52. The van der Waals surface area contributed by atoms with Crippen LogP contribution in [0, 0.1) is 0 Å². The number of aromatic amines is 2. The van der Waals surface area contributed by atoms with Crippen molar-refractivity contribution in [3.63, 3.8) is 0 Å². The molecule has 4 N–H and O–H groups in total. The van der Waals surface area contributed by atoms with Gasteiger partial charge in [-0.1, -0.05) is 6.92 Å². The first kappa shape index (κ1) is 8.79. The number of H-pyrrole nitrogens is 2. The topological polar surface area (TPSA) is 96.7 Å². The van der Waals surface area contributed by atoms with E-state index in [9.17, 15) is 9.59 Å². The van der Waals surface area contributed by atoms with Gasteiger partial charge in [0, 0.05) is 6.54 Å². The highest BCUT2D eigenvalue weighted by atomic mass is 16.2. The molecule has 0 aromatic carbocycles. The van der Waals surface area contributed by atoms with Crippen molar-refractivity contribution in [1.29, 1.82) is 0 Å². The SMILES string of the molecule is CCC(CN)n1c(=O)[nH][nH]c1=O. The average molecular weight is 172 g/mol. The molecule has 0 amide bonds. The van der Waals surface area contributed by atoms with Crippen molar-refractivity contribution >= 4 is 0 Å². The van der Waals surface area contributed by atoms with E-state index >= 15 is 0 Å². The van der Waals surface area contributed by atoms with E-state index in [1.807, 2.05) is 6.92 Å². The molecule has 6 nitrogen and oxygen atoms in total. The summed E-state index contributed by atoms with van der Waals surface area (Å²) in [6.07, 6.45) is 0.664. The number of hydrogen-bond donors (Lipinski definition) is 3. The second-order valence-corrected chi connectivity index (χ2v) is 2.53. The molecule has 0 radical (unpaired) electrons. The lowest BCUT2D eigenvalue weighted by Gasteiger charge is -2.09. The molecule has 1 heterocycles. The van der Waals surface area contributed by atoms with E-state index in [1.165, 1.54) is 0 Å². The second-order valence-electron chi connectivity index (χ2n) is 2.53. The molecular formula is C6H12N4O2. The highest BCUT2D eigenvalue weighted by molar-refractivity contribution is 4.74. The van der Waals surface area contributed by atoms with Crippen LogP contribution in [0.1, 0.15) is 19.4 Å². The van der Waals surface area contributed by atoms with E-state index in [4.69, 9.17) is 5.73 Å². The molecule has 1 aromatic rings. The van der Waals surface area contributed by atoms with Crippen molar-refractivity contribution in [2.75, 3.05) is 6.54 Å². The summed E-state index contributed by atoms with van der Waals surface area (Å²) < 4.78 is 1.10. The molecule has 1 unspecified atom stereocenters. The van der Waals surface area contributed by atoms with Crippen molar-refractivity contribution in [3.8, 4) is 0 Å². The lowest BCUT2D eigenvalue weighted by Crippen LogP contribution is -2.34. The normalized spacial score (nSPS) is 13.2. The summed E-state index contributed by atoms with van der Waals surface area (Å²) >= 11 is 0. The predicted molar refractivity (Wildman–Crippen MR) is 44.1 cm³/mol. The maximum Gasteiger partial charge on any atom is 0.344 e. The van der Waals surface area contributed by atoms with Gasteiger partial charge in [-0.25, -0.2) is 24.4 Å². The minimum absolute atomic E-state index is 0.215. The summed E-state index contributed by atoms with van der Waals surface area (Å²) in [5.74, 6) is 0. The molecule has 0 bridgehead atoms. The van der Waals surface area contributed by atoms with Crippen molar-refractivity contribution in [1.82, 2.24) is 14.8 Å². The van der Waals surface area contributed by atoms with Gasteiger partial charge in [-0.15, -0.1) is 0 Å². The van der Waals surface area contributed by atoms with Gasteiger partial charge in [0.25, 0.3) is 0 Å². The predicted octanol–water partition coefficient (Wildman–Crippen LogP) is -1.23. The van der Waals surface area contributed by atoms with E-state index in [2.05, 4.69) is 10.2 Å². The second kappa shape index (κ2) is 3.40. The Kier molecular flexibility index (Phi) is 2.49. The van der Waals surface area contributed by atoms with Gasteiger partial charge in [-0.3, -0.25) is 0 Å². The summed E-state index contributed by atoms with van der Waals surface area (Å²) in [6.45, 7) is 2.16. The molecule has 6 heteroatoms. The fourth-order valence-corrected chi connectivity index (χ4v) is 1.11. The first-order chi connectivity index (χ1) is 5.70. The largest absolute Gasteiger partial charge is 0.344 e. The van der Waals surface area contributed by atoms with Gasteiger partial charge < -0.3 is 5.73 Å². The Balaban J connectivity index is 3.16. The Hall–Kier alpha value is -1.30. The van der Waals surface area contributed by atoms with Gasteiger partial charge in [0.15, 0.2) is 0 Å². The minimum atomic E-state index is -0.433. The molecule has 12 heavy (non-hydrogen) atoms. The molecule has 0 spiro atoms. The molecule has 1 aromatic heterocycles. The first-order valence-electron chi connectivity index (χ1n) is 3.80. The van der Waals surface area contributed by atoms with E-state index < -0.39 is 11.4 Å². The van der Waals surface area contributed by atoms with E-state index in [0.717, 1.165) is 4.57 Å². The monoisotopic (exact) mass is 172 g/mol. The van der Waals surface area contributed by atoms with Gasteiger partial charge in [0.05, 0.1) is 6.04 Å². The average Bonchev–Trinajstić information content (AvgIpc) is 2.38. The molecule has 1 atom stereocenters. The van der Waals surface area contributed by atoms with Crippen LogP contribution in [0.5, 0.6) is 0 Å². The van der Waals surface area contributed by atoms with Gasteiger partial charge in [0.1, 0.15) is 0 Å². The fraction of sp³-hybridized carbons (Fsp3) is 0.667. The first-order valence-corrected chi connectivity index (χ1v) is 3.80. The number of nitrogens with two attached hydrogens (primary N) is 1. The zero-order valence-corrected chi connectivity index (χ0v) is 6.83. The van der Waals surface area contributed by atoms with Gasteiger partial charge in [0.2, 0.25) is 0 Å². The molecule has 68 valence electrons. The summed E-state index contributed by atoms with van der Waals surface area (Å²) in [7, 11) is 0. The number of nitrogens with zero attached hydrogens (tertiary/aromatic N) is 1. The summed E-state index contributed by atoms with van der Waals surface area (Å²) in [5, 5.41) is 4.40. The smallest absolute Gasteiger partial charge is 0.328 e. The molecule has 0 saturated carbocycles. The van der Waals surface area contributed by atoms with Crippen LogP contribution in [0.3, 0.4) is 0 Å². The van der Waals surface area contributed by atoms with Crippen LogP contribution < -0.4 is 17.1 Å². The van der Waals surface area contributed by atoms with Crippen LogP contribution in [-0.2, 0) is 0 Å². The van der Waals surface area contributed by atoms with Crippen LogP contribution in [0.2, 0.25) is 0 Å². The third-order valence-electron chi connectivity index (χ3n) is 1.82. The Bertz CT molecular complexity index is 315. The number of rotatable bonds is 3. The third kappa shape index (κ3) is 1.33. The fourth-order valence-electron chi connectivity index (χ4n) is 1.11. The molecule has 0 aliphatic heterocycles. The Morgan fingerprint density at radius 2 is 1.92 bits per heavy atom. The standard InChI is InChI=1S/C6H12N4O2/c1-2-4(3-7)10-5(11)8-9-6(10)12/h4H,2-3,7H2,1H3,(H,8,11)(H,9,12). The highest BCUT2D eigenvalue weighted by Gasteiger charge is 2.11. The number of aromatic nitrogens is 3. The molecule has 0 fully saturated rings. The third-order valence-corrected chi connectivity index (χ3v) is 1.82. The van der Waals surface area contributed by atoms with Crippen molar-refractivity contribution in [2.45, 2.75) is 19.4 Å². The highest BCUT2D eigenvalue weighted by Crippen LogP contribution is 2.01. The van der Waals surface area contributed by atoms with Crippen LogP contribution >= 0.6 is 0 Å². The Morgan fingerprint density at radius 1 is 1.42 bits per heavy atom. The quantitative estimate of drug-likeness (QED) is 0.532. The minimum Gasteiger partial charge on any atom is -0.328 e. The lowest BCUT2D eigenvalue weighted by molar-refractivity contribution is 0.471. The summed E-state index contributed by atoms with van der Waals surface area (Å²) in [6, 6.07) is -0.215. The maximum atomic E-state index is 11.0. The van der Waals surface area contributed by atoms with Gasteiger partial charge >= 0.3 is 11.4 Å². The molecule has 1 rings (SSSR count). The molecular weight excluding hydrogens is 160 g/mol. The number of hydrogen-bond acceptors (Lipinski definition) is 3. The zero-order valence-electron chi connectivity index (χ0n) is 6.83. The van der Waals surface area contributed by atoms with Crippen LogP contribution in [0.4, 0.5) is 0 Å².